The molecule has 37 heavy (non-hydrogen) atoms. The number of rotatable bonds is 10. The lowest BCUT2D eigenvalue weighted by atomic mass is 9.46. The van der Waals surface area contributed by atoms with Gasteiger partial charge in [-0.1, -0.05) is 65.5 Å². The Kier molecular flexibility index (Phi) is 8.84. The first-order valence-electron chi connectivity index (χ1n) is 16.6. The fourth-order valence-corrected chi connectivity index (χ4v) is 10.5. The standard InChI is InChI=1S/C34H60N2O/c1-24(2)10-8-11-25(3)28-12-13-29-32-30(15-17-34(28,29)5)33(4)16-14-27(37)22-26(33)23-31(32)35-18-9-21-36-19-6-7-20-36/h23-25,27-32,35,37H,6-22H2,1-5H3/t25-,27-,28?,29?,30?,31?,32?,33-,34+/m0/s1. The van der Waals surface area contributed by atoms with Crippen molar-refractivity contribution in [2.24, 2.45) is 46.3 Å². The van der Waals surface area contributed by atoms with E-state index in [0.717, 1.165) is 54.9 Å². The third kappa shape index (κ3) is 5.62. The molecular formula is C34H60N2O. The second-order valence-electron chi connectivity index (χ2n) is 15.2. The van der Waals surface area contributed by atoms with Crippen LogP contribution < -0.4 is 5.32 Å². The first kappa shape index (κ1) is 28.2. The summed E-state index contributed by atoms with van der Waals surface area (Å²) in [4.78, 5) is 2.66. The molecular weight excluding hydrogens is 452 g/mol. The molecule has 5 unspecified atom stereocenters. The highest BCUT2D eigenvalue weighted by Crippen LogP contribution is 2.67. The largest absolute Gasteiger partial charge is 0.393 e. The second kappa shape index (κ2) is 11.6. The summed E-state index contributed by atoms with van der Waals surface area (Å²) < 4.78 is 0. The van der Waals surface area contributed by atoms with Gasteiger partial charge in [-0.15, -0.1) is 0 Å². The normalized spacial score (nSPS) is 42.8. The van der Waals surface area contributed by atoms with Crippen molar-refractivity contribution < 1.29 is 5.11 Å². The van der Waals surface area contributed by atoms with Crippen molar-refractivity contribution in [1.82, 2.24) is 10.2 Å². The van der Waals surface area contributed by atoms with E-state index in [0.29, 0.717) is 16.9 Å². The summed E-state index contributed by atoms with van der Waals surface area (Å²) >= 11 is 0. The molecule has 0 aromatic carbocycles. The maximum atomic E-state index is 10.6. The number of likely N-dealkylation sites (tertiary alicyclic amines) is 1. The van der Waals surface area contributed by atoms with Gasteiger partial charge in [-0.2, -0.15) is 0 Å². The van der Waals surface area contributed by atoms with Crippen molar-refractivity contribution in [1.29, 1.82) is 0 Å². The number of nitrogens with one attached hydrogen (secondary N) is 1. The van der Waals surface area contributed by atoms with Crippen molar-refractivity contribution in [2.75, 3.05) is 26.2 Å². The van der Waals surface area contributed by atoms with Crippen LogP contribution in [0.5, 0.6) is 0 Å². The zero-order chi connectivity index (χ0) is 26.2. The Labute approximate surface area is 229 Å². The lowest BCUT2D eigenvalue weighted by Gasteiger charge is -2.60. The topological polar surface area (TPSA) is 35.5 Å². The summed E-state index contributed by atoms with van der Waals surface area (Å²) in [5.74, 6) is 5.05. The first-order valence-corrected chi connectivity index (χ1v) is 16.6. The van der Waals surface area contributed by atoms with Crippen LogP contribution in [0.3, 0.4) is 0 Å². The lowest BCUT2D eigenvalue weighted by Crippen LogP contribution is -2.58. The van der Waals surface area contributed by atoms with Gasteiger partial charge >= 0.3 is 0 Å². The van der Waals surface area contributed by atoms with Gasteiger partial charge in [0.15, 0.2) is 0 Å². The van der Waals surface area contributed by atoms with Crippen LogP contribution in [-0.2, 0) is 0 Å². The van der Waals surface area contributed by atoms with Crippen molar-refractivity contribution in [3.05, 3.63) is 11.6 Å². The molecule has 0 bridgehead atoms. The number of hydrogen-bond donors (Lipinski definition) is 2. The van der Waals surface area contributed by atoms with Crippen LogP contribution in [0.25, 0.3) is 0 Å². The van der Waals surface area contributed by atoms with E-state index in [-0.39, 0.29) is 6.10 Å². The molecule has 3 saturated carbocycles. The van der Waals surface area contributed by atoms with Gasteiger partial charge in [0.1, 0.15) is 0 Å². The highest BCUT2D eigenvalue weighted by molar-refractivity contribution is 5.29. The van der Waals surface area contributed by atoms with Gasteiger partial charge in [0.25, 0.3) is 0 Å². The molecule has 4 aliphatic carbocycles. The van der Waals surface area contributed by atoms with Crippen LogP contribution in [0.2, 0.25) is 0 Å². The number of hydrogen-bond acceptors (Lipinski definition) is 3. The lowest BCUT2D eigenvalue weighted by molar-refractivity contribution is -0.0675. The molecule has 0 radical (unpaired) electrons. The van der Waals surface area contributed by atoms with Crippen LogP contribution in [0.1, 0.15) is 118 Å². The van der Waals surface area contributed by atoms with Gasteiger partial charge in [-0.05, 0) is 137 Å². The highest BCUT2D eigenvalue weighted by Gasteiger charge is 2.61. The fourth-order valence-electron chi connectivity index (χ4n) is 10.5. The van der Waals surface area contributed by atoms with Crippen LogP contribution in [0.15, 0.2) is 11.6 Å². The molecule has 1 heterocycles. The summed E-state index contributed by atoms with van der Waals surface area (Å²) in [7, 11) is 0. The Morgan fingerprint density at radius 1 is 0.973 bits per heavy atom. The quantitative estimate of drug-likeness (QED) is 0.236. The molecule has 0 aromatic heterocycles. The van der Waals surface area contributed by atoms with E-state index >= 15 is 0 Å². The molecule has 1 saturated heterocycles. The average Bonchev–Trinajstić information content (AvgIpc) is 3.49. The predicted molar refractivity (Wildman–Crippen MR) is 157 cm³/mol. The van der Waals surface area contributed by atoms with E-state index in [1.807, 2.05) is 0 Å². The Morgan fingerprint density at radius 3 is 2.51 bits per heavy atom. The van der Waals surface area contributed by atoms with Gasteiger partial charge in [0.2, 0.25) is 0 Å². The Bertz CT molecular complexity index is 787. The van der Waals surface area contributed by atoms with Gasteiger partial charge in [-0.3, -0.25) is 0 Å². The summed E-state index contributed by atoms with van der Waals surface area (Å²) in [5.41, 5.74) is 2.44. The van der Waals surface area contributed by atoms with Crippen LogP contribution >= 0.6 is 0 Å². The Morgan fingerprint density at radius 2 is 1.76 bits per heavy atom. The molecule has 4 fully saturated rings. The van der Waals surface area contributed by atoms with E-state index in [1.165, 1.54) is 90.3 Å². The van der Waals surface area contributed by atoms with Crippen LogP contribution in [0, 0.1) is 46.3 Å². The molecule has 0 spiro atoms. The number of aliphatic hydroxyl groups is 1. The molecule has 5 aliphatic rings. The molecule has 2 N–H and O–H groups in total. The maximum absolute atomic E-state index is 10.6. The average molecular weight is 513 g/mol. The summed E-state index contributed by atoms with van der Waals surface area (Å²) in [6, 6.07) is 0.511. The van der Waals surface area contributed by atoms with E-state index in [1.54, 1.807) is 5.57 Å². The van der Waals surface area contributed by atoms with Crippen molar-refractivity contribution in [2.45, 2.75) is 130 Å². The van der Waals surface area contributed by atoms with Crippen molar-refractivity contribution in [3.63, 3.8) is 0 Å². The van der Waals surface area contributed by atoms with Crippen LogP contribution in [0.4, 0.5) is 0 Å². The third-order valence-corrected chi connectivity index (χ3v) is 12.6. The van der Waals surface area contributed by atoms with E-state index in [2.05, 4.69) is 50.9 Å². The zero-order valence-electron chi connectivity index (χ0n) is 25.1. The highest BCUT2D eigenvalue weighted by atomic mass is 16.3. The summed E-state index contributed by atoms with van der Waals surface area (Å²) in [6.07, 6.45) is 19.7. The minimum atomic E-state index is -0.122. The summed E-state index contributed by atoms with van der Waals surface area (Å²) in [6.45, 7) is 17.7. The van der Waals surface area contributed by atoms with Gasteiger partial charge in [0, 0.05) is 6.04 Å². The summed E-state index contributed by atoms with van der Waals surface area (Å²) in [5, 5.41) is 14.8. The van der Waals surface area contributed by atoms with Gasteiger partial charge in [0.05, 0.1) is 6.10 Å². The van der Waals surface area contributed by atoms with Gasteiger partial charge < -0.3 is 15.3 Å². The van der Waals surface area contributed by atoms with E-state index in [4.69, 9.17) is 0 Å². The van der Waals surface area contributed by atoms with Crippen molar-refractivity contribution in [3.8, 4) is 0 Å². The maximum Gasteiger partial charge on any atom is 0.0577 e. The SMILES string of the molecule is CC(C)CCC[C@H](C)C1CCC2C3C(NCCCN4CCCC4)C=C4C[C@@H](O)CC[C@]4(C)C3CC[C@@]21C. The molecule has 3 nitrogen and oxygen atoms in total. The molecule has 212 valence electrons. The second-order valence-corrected chi connectivity index (χ2v) is 15.2. The zero-order valence-corrected chi connectivity index (χ0v) is 25.1. The van der Waals surface area contributed by atoms with E-state index < -0.39 is 0 Å². The predicted octanol–water partition coefficient (Wildman–Crippen LogP) is 7.44. The third-order valence-electron chi connectivity index (χ3n) is 12.6. The number of fused-ring (bicyclic) bond motifs is 5. The first-order chi connectivity index (χ1) is 17.7. The Hall–Kier alpha value is -0.380. The number of aliphatic hydroxyl groups excluding tert-OH is 1. The van der Waals surface area contributed by atoms with E-state index in [9.17, 15) is 5.11 Å². The molecule has 5 rings (SSSR count). The minimum absolute atomic E-state index is 0.122. The molecule has 1 aliphatic heterocycles. The molecule has 0 amide bonds. The van der Waals surface area contributed by atoms with Crippen molar-refractivity contribution >= 4 is 0 Å². The molecule has 3 heteroatoms. The monoisotopic (exact) mass is 512 g/mol. The van der Waals surface area contributed by atoms with Gasteiger partial charge in [-0.25, -0.2) is 0 Å². The smallest absolute Gasteiger partial charge is 0.0577 e. The minimum Gasteiger partial charge on any atom is -0.393 e. The van der Waals surface area contributed by atoms with Crippen LogP contribution in [-0.4, -0.2) is 48.3 Å². The molecule has 0 aromatic rings. The fraction of sp³-hybridized carbons (Fsp3) is 0.941. The number of nitrogens with zero attached hydrogens (tertiary/aromatic N) is 1. The molecule has 9 atom stereocenters. The Balaban J connectivity index is 1.33.